The lowest BCUT2D eigenvalue weighted by Crippen LogP contribution is -2.29. The molecule has 1 fully saturated rings. The van der Waals surface area contributed by atoms with Gasteiger partial charge in [-0.1, -0.05) is 119 Å². The van der Waals surface area contributed by atoms with E-state index in [4.69, 9.17) is 9.47 Å². The maximum absolute atomic E-state index is 9.66. The van der Waals surface area contributed by atoms with Crippen molar-refractivity contribution in [1.29, 1.82) is 0 Å². The average molecular weight is 557 g/mol. The minimum absolute atomic E-state index is 0.0985. The van der Waals surface area contributed by atoms with E-state index in [0.717, 1.165) is 37.9 Å². The molecule has 3 unspecified atom stereocenters. The van der Waals surface area contributed by atoms with Gasteiger partial charge in [0.2, 0.25) is 0 Å². The van der Waals surface area contributed by atoms with Gasteiger partial charge in [0, 0.05) is 6.61 Å². The molecule has 0 spiro atoms. The fraction of sp³-hybridized carbons (Fsp3) is 0.526. The number of aliphatic hydroxyl groups excluding tert-OH is 1. The zero-order valence-electron chi connectivity index (χ0n) is 25.7. The van der Waals surface area contributed by atoms with Crippen molar-refractivity contribution in [2.45, 2.75) is 116 Å². The number of unbranched alkanes of at least 4 members (excludes halogenated alkanes) is 3. The maximum atomic E-state index is 9.66. The molecule has 0 radical (unpaired) electrons. The van der Waals surface area contributed by atoms with Crippen molar-refractivity contribution < 1.29 is 14.6 Å². The Labute approximate surface area is 249 Å². The predicted molar refractivity (Wildman–Crippen MR) is 170 cm³/mol. The minimum Gasteiger partial charge on any atom is -0.489 e. The first-order valence-electron chi connectivity index (χ1n) is 16.1. The van der Waals surface area contributed by atoms with Gasteiger partial charge in [-0.25, -0.2) is 0 Å². The number of rotatable bonds is 16. The highest BCUT2D eigenvalue weighted by atomic mass is 16.5. The van der Waals surface area contributed by atoms with Crippen LogP contribution in [0.5, 0.6) is 5.75 Å². The van der Waals surface area contributed by atoms with Crippen LogP contribution < -0.4 is 4.74 Å². The molecule has 3 heteroatoms. The van der Waals surface area contributed by atoms with Gasteiger partial charge in [0.25, 0.3) is 0 Å². The molecule has 0 aliphatic heterocycles. The highest BCUT2D eigenvalue weighted by molar-refractivity contribution is 5.43. The number of aliphatic hydroxyl groups is 1. The summed E-state index contributed by atoms with van der Waals surface area (Å²) in [5.74, 6) is 1.89. The Bertz CT molecular complexity index is 1140. The maximum Gasteiger partial charge on any atom is 0.123 e. The van der Waals surface area contributed by atoms with Crippen LogP contribution in [0, 0.1) is 5.92 Å². The molecule has 1 N–H and O–H groups in total. The number of benzene rings is 3. The van der Waals surface area contributed by atoms with Crippen LogP contribution in [0.25, 0.3) is 0 Å². The molecular formula is C38H52O3. The van der Waals surface area contributed by atoms with Crippen molar-refractivity contribution in [2.24, 2.45) is 5.92 Å². The molecule has 1 saturated carbocycles. The number of hydrogen-bond acceptors (Lipinski definition) is 3. The quantitative estimate of drug-likeness (QED) is 0.178. The lowest BCUT2D eigenvalue weighted by atomic mass is 9.71. The van der Waals surface area contributed by atoms with Crippen LogP contribution in [0.4, 0.5) is 0 Å². The van der Waals surface area contributed by atoms with Crippen LogP contribution in [0.1, 0.15) is 113 Å². The highest BCUT2D eigenvalue weighted by Crippen LogP contribution is 2.46. The summed E-state index contributed by atoms with van der Waals surface area (Å²) in [5, 5.41) is 9.66. The van der Waals surface area contributed by atoms with Gasteiger partial charge in [-0.15, -0.1) is 0 Å². The van der Waals surface area contributed by atoms with Crippen LogP contribution >= 0.6 is 0 Å². The molecule has 0 aromatic heterocycles. The summed E-state index contributed by atoms with van der Waals surface area (Å²) < 4.78 is 13.2. The van der Waals surface area contributed by atoms with E-state index in [9.17, 15) is 5.11 Å². The molecule has 41 heavy (non-hydrogen) atoms. The van der Waals surface area contributed by atoms with Crippen LogP contribution in [0.2, 0.25) is 0 Å². The third-order valence-electron chi connectivity index (χ3n) is 9.09. The first kappa shape index (κ1) is 31.3. The molecular weight excluding hydrogens is 504 g/mol. The molecule has 3 nitrogen and oxygen atoms in total. The molecule has 0 amide bonds. The predicted octanol–water partition coefficient (Wildman–Crippen LogP) is 9.76. The van der Waals surface area contributed by atoms with Crippen LogP contribution in [0.15, 0.2) is 78.9 Å². The first-order valence-corrected chi connectivity index (χ1v) is 16.1. The first-order chi connectivity index (χ1) is 20.0. The fourth-order valence-corrected chi connectivity index (χ4v) is 6.47. The second kappa shape index (κ2) is 16.1. The van der Waals surface area contributed by atoms with Crippen molar-refractivity contribution in [2.75, 3.05) is 6.61 Å². The normalized spacial score (nSPS) is 19.3. The average Bonchev–Trinajstić information content (AvgIpc) is 3.01. The van der Waals surface area contributed by atoms with Crippen LogP contribution in [-0.2, 0) is 23.4 Å². The van der Waals surface area contributed by atoms with Gasteiger partial charge in [-0.3, -0.25) is 0 Å². The largest absolute Gasteiger partial charge is 0.489 e. The zero-order valence-corrected chi connectivity index (χ0v) is 25.7. The lowest BCUT2D eigenvalue weighted by Gasteiger charge is -2.38. The third-order valence-corrected chi connectivity index (χ3v) is 9.09. The molecule has 0 bridgehead atoms. The smallest absolute Gasteiger partial charge is 0.123 e. The molecule has 3 aromatic carbocycles. The Kier molecular flexibility index (Phi) is 12.3. The summed E-state index contributed by atoms with van der Waals surface area (Å²) in [6.07, 6.45) is 11.6. The summed E-state index contributed by atoms with van der Waals surface area (Å²) >= 11 is 0. The van der Waals surface area contributed by atoms with E-state index in [1.54, 1.807) is 0 Å². The topological polar surface area (TPSA) is 38.7 Å². The Morgan fingerprint density at radius 3 is 2.20 bits per heavy atom. The molecule has 1 aliphatic rings. The van der Waals surface area contributed by atoms with Gasteiger partial charge in [-0.05, 0) is 84.1 Å². The summed E-state index contributed by atoms with van der Waals surface area (Å²) in [7, 11) is 0. The highest BCUT2D eigenvalue weighted by Gasteiger charge is 2.34. The van der Waals surface area contributed by atoms with E-state index >= 15 is 0 Å². The Balaban J connectivity index is 1.59. The monoisotopic (exact) mass is 556 g/mol. The van der Waals surface area contributed by atoms with Crippen molar-refractivity contribution in [3.8, 4) is 5.75 Å². The molecule has 4 rings (SSSR count). The van der Waals surface area contributed by atoms with Gasteiger partial charge in [0.1, 0.15) is 12.4 Å². The minimum atomic E-state index is 0.0985. The molecule has 222 valence electrons. The van der Waals surface area contributed by atoms with Crippen LogP contribution in [0.3, 0.4) is 0 Å². The van der Waals surface area contributed by atoms with Gasteiger partial charge >= 0.3 is 0 Å². The Morgan fingerprint density at radius 2 is 1.51 bits per heavy atom. The number of ether oxygens (including phenoxy) is 2. The zero-order chi connectivity index (χ0) is 28.9. The standard InChI is InChI=1S/C38H52O3/c1-4-5-6-13-24-38(2,3)33-21-23-35(37(26-33)41-29-31-17-11-8-12-18-31)36-27-34(22-20-32(36)19-14-25-39)40-28-30-15-9-7-10-16-30/h7-12,15-18,21,23,26,32,34,36,39H,4-6,13-14,19-20,22,24-25,27-29H2,1-3H3. The second-order valence-electron chi connectivity index (χ2n) is 12.7. The van der Waals surface area contributed by atoms with Crippen molar-refractivity contribution >= 4 is 0 Å². The van der Waals surface area contributed by atoms with E-state index in [2.05, 4.69) is 99.6 Å². The van der Waals surface area contributed by atoms with E-state index in [-0.39, 0.29) is 18.1 Å². The summed E-state index contributed by atoms with van der Waals surface area (Å²) in [6.45, 7) is 8.51. The molecule has 3 atom stereocenters. The van der Waals surface area contributed by atoms with Gasteiger partial charge in [0.05, 0.1) is 12.7 Å². The third kappa shape index (κ3) is 9.45. The van der Waals surface area contributed by atoms with Gasteiger partial charge in [0.15, 0.2) is 0 Å². The van der Waals surface area contributed by atoms with E-state index in [1.165, 1.54) is 54.4 Å². The number of hydrogen-bond donors (Lipinski definition) is 1. The SMILES string of the molecule is CCCCCCC(C)(C)c1ccc(C2CC(OCc3ccccc3)CCC2CCCO)c(OCc2ccccc2)c1. The summed E-state index contributed by atoms with van der Waals surface area (Å²) in [6, 6.07) is 28.1. The van der Waals surface area contributed by atoms with Gasteiger partial charge < -0.3 is 14.6 Å². The Hall–Kier alpha value is -2.62. The summed E-state index contributed by atoms with van der Waals surface area (Å²) in [4.78, 5) is 0. The van der Waals surface area contributed by atoms with E-state index in [1.807, 2.05) is 0 Å². The second-order valence-corrected chi connectivity index (χ2v) is 12.7. The van der Waals surface area contributed by atoms with Gasteiger partial charge in [-0.2, -0.15) is 0 Å². The van der Waals surface area contributed by atoms with Crippen molar-refractivity contribution in [3.63, 3.8) is 0 Å². The van der Waals surface area contributed by atoms with Crippen molar-refractivity contribution in [1.82, 2.24) is 0 Å². The molecule has 0 saturated heterocycles. The molecule has 3 aromatic rings. The Morgan fingerprint density at radius 1 is 0.805 bits per heavy atom. The van der Waals surface area contributed by atoms with E-state index < -0.39 is 0 Å². The lowest BCUT2D eigenvalue weighted by molar-refractivity contribution is -0.00219. The summed E-state index contributed by atoms with van der Waals surface area (Å²) in [5.41, 5.74) is 5.18. The molecule has 1 aliphatic carbocycles. The fourth-order valence-electron chi connectivity index (χ4n) is 6.47. The van der Waals surface area contributed by atoms with Crippen LogP contribution in [-0.4, -0.2) is 17.8 Å². The van der Waals surface area contributed by atoms with Crippen molar-refractivity contribution in [3.05, 3.63) is 101 Å². The van der Waals surface area contributed by atoms with E-state index in [0.29, 0.717) is 25.0 Å². The molecule has 0 heterocycles.